The lowest BCUT2D eigenvalue weighted by atomic mass is 9.77. The standard InChI is InChI=1S/C74H87N7O21/c75-22-25-89-27-29-91-31-33-93-35-37-95-39-40-96-38-36-94-34-32-92-30-28-90-26-24-76-66(83)48-97-49-67(84)79-61(13-7-8-23-77-74(54-9-3-1-4-10-54,55-11-5-2-6-12-55)56-16-20-58(82)21-17-56)70(85)78-57-18-14-51(15-19-57)46-99-73(88)102-69-59-43-63-68-53(45-81(63)71(86)60(59)47-98-72(69)87)41-52-42-64-65(101-50-100-64)44-62(52)80-68/h1-6,9-12,14-21,41-44,61,69,77,82H,7-8,13,22-40,45-50,75H2,(H,76,83)(H,78,85)(H,79,84)/t61-,69-/m0/s1. The van der Waals surface area contributed by atoms with Gasteiger partial charge in [-0.2, -0.15) is 0 Å². The van der Waals surface area contributed by atoms with Crippen LogP contribution in [0, 0.1) is 0 Å². The Labute approximate surface area is 589 Å². The molecule has 5 aromatic carbocycles. The molecule has 3 amide bonds. The van der Waals surface area contributed by atoms with Crippen LogP contribution in [0.1, 0.15) is 64.3 Å². The smallest absolute Gasteiger partial charge is 0.508 e. The second-order valence-corrected chi connectivity index (χ2v) is 23.7. The van der Waals surface area contributed by atoms with Crippen LogP contribution >= 0.6 is 0 Å². The van der Waals surface area contributed by atoms with Crippen molar-refractivity contribution in [2.45, 2.75) is 56.7 Å². The minimum atomic E-state index is -1.60. The summed E-state index contributed by atoms with van der Waals surface area (Å²) in [6, 6.07) is 39.5. The molecule has 2 atom stereocenters. The van der Waals surface area contributed by atoms with Crippen LogP contribution in [-0.4, -0.2) is 196 Å². The van der Waals surface area contributed by atoms with E-state index >= 15 is 0 Å². The largest absolute Gasteiger partial charge is 0.509 e. The van der Waals surface area contributed by atoms with Gasteiger partial charge in [-0.05, 0) is 90.5 Å². The Kier molecular flexibility index (Phi) is 29.3. The Bertz CT molecular complexity index is 3870. The summed E-state index contributed by atoms with van der Waals surface area (Å²) in [5, 5.41) is 23.3. The number of nitrogens with zero attached hydrogens (tertiary/aromatic N) is 2. The van der Waals surface area contributed by atoms with E-state index in [0.717, 1.165) is 27.6 Å². The van der Waals surface area contributed by atoms with E-state index in [0.29, 0.717) is 165 Å². The highest BCUT2D eigenvalue weighted by atomic mass is 16.7. The van der Waals surface area contributed by atoms with Crippen LogP contribution in [-0.2, 0) is 101 Å². The van der Waals surface area contributed by atoms with Crippen LogP contribution in [0.3, 0.4) is 0 Å². The molecule has 102 heavy (non-hydrogen) atoms. The molecule has 0 spiro atoms. The number of rotatable bonds is 45. The van der Waals surface area contributed by atoms with Gasteiger partial charge in [0.05, 0.1) is 140 Å². The molecular formula is C74H87N7O21. The number of aromatic nitrogens is 2. The molecule has 28 heteroatoms. The van der Waals surface area contributed by atoms with E-state index in [1.165, 1.54) is 0 Å². The first-order chi connectivity index (χ1) is 50.0. The number of carbonyl (C=O) groups is 5. The Morgan fingerprint density at radius 1 is 0.618 bits per heavy atom. The lowest BCUT2D eigenvalue weighted by molar-refractivity contribution is -0.159. The monoisotopic (exact) mass is 1410 g/mol. The van der Waals surface area contributed by atoms with Gasteiger partial charge in [0.25, 0.3) is 5.56 Å². The number of phenolic OH excluding ortho intramolecular Hbond substituents is 1. The van der Waals surface area contributed by atoms with Crippen LogP contribution in [0.5, 0.6) is 17.2 Å². The van der Waals surface area contributed by atoms with Gasteiger partial charge in [0, 0.05) is 41.4 Å². The van der Waals surface area contributed by atoms with Gasteiger partial charge in [0.2, 0.25) is 30.6 Å². The number of amides is 3. The second kappa shape index (κ2) is 39.7. The van der Waals surface area contributed by atoms with E-state index < -0.39 is 66.3 Å². The number of fused-ring (bicyclic) bond motifs is 6. The number of cyclic esters (lactones) is 1. The van der Waals surface area contributed by atoms with E-state index in [1.54, 1.807) is 53.1 Å². The maximum Gasteiger partial charge on any atom is 0.509 e. The number of anilines is 1. The number of phenols is 1. The molecule has 10 rings (SSSR count). The van der Waals surface area contributed by atoms with Crippen LogP contribution in [0.15, 0.2) is 138 Å². The topological polar surface area (TPSA) is 344 Å². The van der Waals surface area contributed by atoms with Gasteiger partial charge in [0.15, 0.2) is 11.5 Å². The number of unbranched alkanes of at least 4 members (excludes halogenated alkanes) is 1. The summed E-state index contributed by atoms with van der Waals surface area (Å²) in [6.07, 6.45) is -1.57. The lowest BCUT2D eigenvalue weighted by Crippen LogP contribution is -2.46. The Morgan fingerprint density at radius 2 is 1.19 bits per heavy atom. The predicted octanol–water partition coefficient (Wildman–Crippen LogP) is 5.71. The minimum Gasteiger partial charge on any atom is -0.508 e. The molecule has 544 valence electrons. The molecule has 3 aliphatic heterocycles. The third kappa shape index (κ3) is 21.6. The highest BCUT2D eigenvalue weighted by molar-refractivity contribution is 5.97. The Balaban J connectivity index is 0.656. The molecule has 0 saturated heterocycles. The van der Waals surface area contributed by atoms with Crippen molar-refractivity contribution in [3.8, 4) is 28.6 Å². The number of benzene rings is 5. The van der Waals surface area contributed by atoms with Crippen LogP contribution < -0.4 is 42.0 Å². The van der Waals surface area contributed by atoms with Crippen LogP contribution in [0.25, 0.3) is 22.3 Å². The number of nitrogens with two attached hydrogens (primary N) is 1. The number of aromatic hydroxyl groups is 1. The van der Waals surface area contributed by atoms with Crippen molar-refractivity contribution in [3.05, 3.63) is 183 Å². The van der Waals surface area contributed by atoms with E-state index in [1.807, 2.05) is 84.9 Å². The average Bonchev–Trinajstić information content (AvgIpc) is 1.34. The van der Waals surface area contributed by atoms with Gasteiger partial charge < -0.3 is 97.7 Å². The molecular weight excluding hydrogens is 1320 g/mol. The highest BCUT2D eigenvalue weighted by Gasteiger charge is 2.39. The Hall–Kier alpha value is -9.43. The molecule has 0 radical (unpaired) electrons. The van der Waals surface area contributed by atoms with Crippen LogP contribution in [0.2, 0.25) is 0 Å². The predicted molar refractivity (Wildman–Crippen MR) is 370 cm³/mol. The zero-order valence-electron chi connectivity index (χ0n) is 56.7. The fourth-order valence-electron chi connectivity index (χ4n) is 11.6. The van der Waals surface area contributed by atoms with E-state index in [-0.39, 0.29) is 63.0 Å². The number of pyridine rings is 2. The van der Waals surface area contributed by atoms with Crippen molar-refractivity contribution in [3.63, 3.8) is 0 Å². The number of ether oxygens (including phenoxy) is 14. The Morgan fingerprint density at radius 3 is 1.79 bits per heavy atom. The van der Waals surface area contributed by atoms with E-state index in [9.17, 15) is 33.9 Å². The van der Waals surface area contributed by atoms with Crippen molar-refractivity contribution in [1.82, 2.24) is 25.5 Å². The highest BCUT2D eigenvalue weighted by Crippen LogP contribution is 2.41. The molecule has 3 aliphatic rings. The normalized spacial score (nSPS) is 13.8. The first-order valence-electron chi connectivity index (χ1n) is 34.0. The number of carbonyl (C=O) groups excluding carboxylic acids is 5. The van der Waals surface area contributed by atoms with Gasteiger partial charge in [-0.15, -0.1) is 0 Å². The van der Waals surface area contributed by atoms with Gasteiger partial charge in [-0.25, -0.2) is 14.6 Å². The average molecular weight is 1410 g/mol. The first kappa shape index (κ1) is 75.2. The number of hydrogen-bond acceptors (Lipinski definition) is 24. The lowest BCUT2D eigenvalue weighted by Gasteiger charge is -2.37. The fourth-order valence-corrected chi connectivity index (χ4v) is 11.6. The van der Waals surface area contributed by atoms with Gasteiger partial charge in [0.1, 0.15) is 38.2 Å². The van der Waals surface area contributed by atoms with Crippen LogP contribution in [0.4, 0.5) is 10.5 Å². The molecule has 7 aromatic rings. The second-order valence-electron chi connectivity index (χ2n) is 23.7. The molecule has 5 heterocycles. The number of nitrogens with one attached hydrogen (secondary N) is 4. The third-order valence-electron chi connectivity index (χ3n) is 16.6. The molecule has 0 saturated carbocycles. The van der Waals surface area contributed by atoms with Gasteiger partial charge in [-0.1, -0.05) is 84.9 Å². The van der Waals surface area contributed by atoms with E-state index in [2.05, 4.69) is 21.3 Å². The molecule has 2 aromatic heterocycles. The molecule has 0 bridgehead atoms. The van der Waals surface area contributed by atoms with Crippen molar-refractivity contribution in [1.29, 1.82) is 0 Å². The summed E-state index contributed by atoms with van der Waals surface area (Å²) in [6.45, 7) is 6.61. The maximum absolute atomic E-state index is 14.2. The van der Waals surface area contributed by atoms with E-state index in [4.69, 9.17) is 77.0 Å². The minimum absolute atomic E-state index is 0.0951. The molecule has 0 aliphatic carbocycles. The number of esters is 1. The van der Waals surface area contributed by atoms with Crippen molar-refractivity contribution >= 4 is 46.4 Å². The quantitative estimate of drug-likeness (QED) is 0.0151. The van der Waals surface area contributed by atoms with Gasteiger partial charge in [-0.3, -0.25) is 24.5 Å². The zero-order valence-corrected chi connectivity index (χ0v) is 56.7. The molecule has 0 unspecified atom stereocenters. The summed E-state index contributed by atoms with van der Waals surface area (Å²) in [5.74, 6) is -1.25. The summed E-state index contributed by atoms with van der Waals surface area (Å²) < 4.78 is 78.2. The van der Waals surface area contributed by atoms with Gasteiger partial charge >= 0.3 is 12.1 Å². The molecule has 7 N–H and O–H groups in total. The fraction of sp³-hybridized carbons (Fsp3) is 0.419. The maximum atomic E-state index is 14.2. The summed E-state index contributed by atoms with van der Waals surface area (Å²) in [5.41, 5.74) is 10.5. The number of hydrogen-bond donors (Lipinski definition) is 6. The molecule has 28 nitrogen and oxygen atoms in total. The van der Waals surface area contributed by atoms with Crippen molar-refractivity contribution in [2.24, 2.45) is 5.73 Å². The zero-order chi connectivity index (χ0) is 71.1. The van der Waals surface area contributed by atoms with Crippen molar-refractivity contribution in [2.75, 3.05) is 151 Å². The third-order valence-corrected chi connectivity index (χ3v) is 16.6. The SMILES string of the molecule is NCCOCCOCCOCCOCCOCCOCCOCCOCCNC(=O)COCC(=O)N[C@@H](CCCCNC(c1ccccc1)(c1ccccc1)c1ccc(O)cc1)C(=O)Nc1ccc(COC(=O)O[C@@H]2C(=O)OCc3c2cc2n(c3=O)Cc3cc4cc5c(cc4nc3-2)OCO5)cc1. The summed E-state index contributed by atoms with van der Waals surface area (Å²) in [7, 11) is 0. The summed E-state index contributed by atoms with van der Waals surface area (Å²) in [4.78, 5) is 85.7. The first-order valence-corrected chi connectivity index (χ1v) is 34.0. The van der Waals surface area contributed by atoms with Crippen molar-refractivity contribution < 1.29 is 95.4 Å². The summed E-state index contributed by atoms with van der Waals surface area (Å²) >= 11 is 0. The molecule has 0 fully saturated rings.